The summed E-state index contributed by atoms with van der Waals surface area (Å²) in [5.41, 5.74) is 12.2. The number of carbonyl (C=O) groups is 1. The summed E-state index contributed by atoms with van der Waals surface area (Å²) in [5.74, 6) is 0.141. The maximum Gasteiger partial charge on any atom is 0.269 e. The first-order chi connectivity index (χ1) is 12.3. The second kappa shape index (κ2) is 7.05. The summed E-state index contributed by atoms with van der Waals surface area (Å²) in [4.78, 5) is 13.3. The molecule has 0 saturated heterocycles. The van der Waals surface area contributed by atoms with Crippen LogP contribution < -0.4 is 11.1 Å². The van der Waals surface area contributed by atoms with Crippen LogP contribution in [0.5, 0.6) is 0 Å². The van der Waals surface area contributed by atoms with Crippen molar-refractivity contribution in [2.75, 3.05) is 11.1 Å². The summed E-state index contributed by atoms with van der Waals surface area (Å²) in [7, 11) is 0. The predicted octanol–water partition coefficient (Wildman–Crippen LogP) is 5.34. The van der Waals surface area contributed by atoms with Crippen LogP contribution in [0, 0.1) is 31.6 Å². The number of nitrogens with zero attached hydrogens (tertiary/aromatic N) is 1. The number of para-hydroxylation sites is 2. The van der Waals surface area contributed by atoms with Gasteiger partial charge in [-0.1, -0.05) is 47.7 Å². The van der Waals surface area contributed by atoms with E-state index >= 15 is 0 Å². The SMILES string of the molecule is Cc1cccc(C)c1NC(=O)c1sc(=S)n(-c2c(C)cccc2C)c1N. The van der Waals surface area contributed by atoms with Gasteiger partial charge in [0.05, 0.1) is 5.69 Å². The molecule has 0 bridgehead atoms. The molecule has 0 atom stereocenters. The number of aryl methyl sites for hydroxylation is 4. The highest BCUT2D eigenvalue weighted by atomic mass is 32.1. The second-order valence-electron chi connectivity index (χ2n) is 6.38. The monoisotopic (exact) mass is 383 g/mol. The van der Waals surface area contributed by atoms with Gasteiger partial charge in [0.25, 0.3) is 5.91 Å². The van der Waals surface area contributed by atoms with Crippen LogP contribution in [-0.4, -0.2) is 10.5 Å². The van der Waals surface area contributed by atoms with Crippen LogP contribution in [0.25, 0.3) is 5.69 Å². The molecule has 2 aromatic carbocycles. The number of nitrogens with two attached hydrogens (primary N) is 1. The molecule has 0 spiro atoms. The van der Waals surface area contributed by atoms with Crippen LogP contribution in [0.4, 0.5) is 11.5 Å². The number of thiazole rings is 1. The van der Waals surface area contributed by atoms with Gasteiger partial charge in [0, 0.05) is 5.69 Å². The summed E-state index contributed by atoms with van der Waals surface area (Å²) in [6.07, 6.45) is 0. The fraction of sp³-hybridized carbons (Fsp3) is 0.200. The van der Waals surface area contributed by atoms with E-state index in [4.69, 9.17) is 18.0 Å². The average molecular weight is 384 g/mol. The van der Waals surface area contributed by atoms with Crippen LogP contribution in [0.15, 0.2) is 36.4 Å². The largest absolute Gasteiger partial charge is 0.383 e. The molecule has 0 radical (unpaired) electrons. The maximum absolute atomic E-state index is 12.9. The number of nitrogens with one attached hydrogen (secondary N) is 1. The molecular weight excluding hydrogens is 362 g/mol. The van der Waals surface area contributed by atoms with Gasteiger partial charge in [0.2, 0.25) is 0 Å². The summed E-state index contributed by atoms with van der Waals surface area (Å²) in [6, 6.07) is 11.9. The van der Waals surface area contributed by atoms with Crippen LogP contribution in [-0.2, 0) is 0 Å². The molecule has 0 aliphatic carbocycles. The number of carbonyl (C=O) groups excluding carboxylic acids is 1. The van der Waals surface area contributed by atoms with Crippen molar-refractivity contribution in [3.05, 3.63) is 67.5 Å². The van der Waals surface area contributed by atoms with Gasteiger partial charge in [0.15, 0.2) is 3.95 Å². The third kappa shape index (κ3) is 3.18. The number of hydrogen-bond donors (Lipinski definition) is 2. The molecular formula is C20H21N3OS2. The minimum atomic E-state index is -0.235. The first-order valence-corrected chi connectivity index (χ1v) is 9.49. The lowest BCUT2D eigenvalue weighted by molar-refractivity contribution is 0.103. The van der Waals surface area contributed by atoms with E-state index in [1.807, 2.05) is 64.1 Å². The van der Waals surface area contributed by atoms with Crippen molar-refractivity contribution >= 4 is 41.0 Å². The van der Waals surface area contributed by atoms with Crippen molar-refractivity contribution in [2.24, 2.45) is 0 Å². The summed E-state index contributed by atoms with van der Waals surface area (Å²) in [5, 5.41) is 2.99. The Labute approximate surface area is 162 Å². The second-order valence-corrected chi connectivity index (χ2v) is 8.02. The Balaban J connectivity index is 2.06. The van der Waals surface area contributed by atoms with Gasteiger partial charge in [-0.2, -0.15) is 0 Å². The Kier molecular flexibility index (Phi) is 4.98. The van der Waals surface area contributed by atoms with Crippen LogP contribution in [0.2, 0.25) is 0 Å². The standard InChI is InChI=1S/C20H21N3OS2/c1-11-7-5-8-12(2)15(11)22-19(24)17-18(21)23(20(25)26-17)16-13(3)9-6-10-14(16)4/h5-10H,21H2,1-4H3,(H,22,24). The lowest BCUT2D eigenvalue weighted by atomic mass is 10.1. The molecule has 0 aliphatic heterocycles. The number of rotatable bonds is 3. The van der Waals surface area contributed by atoms with Crippen molar-refractivity contribution in [1.82, 2.24) is 4.57 Å². The van der Waals surface area contributed by atoms with Crippen LogP contribution in [0.3, 0.4) is 0 Å². The smallest absolute Gasteiger partial charge is 0.269 e. The van der Waals surface area contributed by atoms with Crippen molar-refractivity contribution in [3.8, 4) is 5.69 Å². The van der Waals surface area contributed by atoms with E-state index in [0.29, 0.717) is 14.6 Å². The molecule has 0 fully saturated rings. The van der Waals surface area contributed by atoms with E-state index in [0.717, 1.165) is 33.6 Å². The summed E-state index contributed by atoms with van der Waals surface area (Å²) in [6.45, 7) is 7.96. The zero-order valence-electron chi connectivity index (χ0n) is 15.2. The van der Waals surface area contributed by atoms with Gasteiger partial charge in [-0.3, -0.25) is 9.36 Å². The zero-order valence-corrected chi connectivity index (χ0v) is 16.8. The van der Waals surface area contributed by atoms with Crippen molar-refractivity contribution in [2.45, 2.75) is 27.7 Å². The van der Waals surface area contributed by atoms with Gasteiger partial charge in [-0.25, -0.2) is 0 Å². The fourth-order valence-electron chi connectivity index (χ4n) is 3.10. The molecule has 4 nitrogen and oxygen atoms in total. The first-order valence-electron chi connectivity index (χ1n) is 8.26. The van der Waals surface area contributed by atoms with E-state index < -0.39 is 0 Å². The lowest BCUT2D eigenvalue weighted by Gasteiger charge is -2.13. The van der Waals surface area contributed by atoms with Gasteiger partial charge < -0.3 is 11.1 Å². The normalized spacial score (nSPS) is 10.8. The number of aromatic nitrogens is 1. The molecule has 3 aromatic rings. The van der Waals surface area contributed by atoms with E-state index in [2.05, 4.69) is 5.32 Å². The molecule has 3 rings (SSSR count). The Morgan fingerprint density at radius 3 is 2.04 bits per heavy atom. The van der Waals surface area contributed by atoms with Gasteiger partial charge in [-0.05, 0) is 62.2 Å². The molecule has 0 aliphatic rings. The van der Waals surface area contributed by atoms with Gasteiger partial charge in [-0.15, -0.1) is 0 Å². The molecule has 134 valence electrons. The van der Waals surface area contributed by atoms with E-state index in [1.165, 1.54) is 11.3 Å². The summed E-state index contributed by atoms with van der Waals surface area (Å²) < 4.78 is 2.36. The van der Waals surface area contributed by atoms with Crippen LogP contribution >= 0.6 is 23.6 Å². The van der Waals surface area contributed by atoms with Gasteiger partial charge in [0.1, 0.15) is 10.7 Å². The Morgan fingerprint density at radius 2 is 1.50 bits per heavy atom. The minimum absolute atomic E-state index is 0.235. The topological polar surface area (TPSA) is 60.0 Å². The fourth-order valence-corrected chi connectivity index (χ4v) is 4.33. The molecule has 0 unspecified atom stereocenters. The predicted molar refractivity (Wildman–Crippen MR) is 112 cm³/mol. The van der Waals surface area contributed by atoms with E-state index in [-0.39, 0.29) is 5.91 Å². The van der Waals surface area contributed by atoms with Crippen molar-refractivity contribution in [1.29, 1.82) is 0 Å². The highest BCUT2D eigenvalue weighted by Gasteiger charge is 2.20. The third-order valence-corrected chi connectivity index (χ3v) is 5.82. The molecule has 1 heterocycles. The van der Waals surface area contributed by atoms with E-state index in [9.17, 15) is 4.79 Å². The lowest BCUT2D eigenvalue weighted by Crippen LogP contribution is -2.15. The number of nitrogen functional groups attached to an aromatic ring is 1. The number of amides is 1. The highest BCUT2D eigenvalue weighted by molar-refractivity contribution is 7.73. The number of hydrogen-bond acceptors (Lipinski definition) is 4. The molecule has 1 amide bonds. The average Bonchev–Trinajstić information content (AvgIpc) is 2.86. The van der Waals surface area contributed by atoms with Crippen molar-refractivity contribution in [3.63, 3.8) is 0 Å². The van der Waals surface area contributed by atoms with E-state index in [1.54, 1.807) is 4.57 Å². The quantitative estimate of drug-likeness (QED) is 0.601. The molecule has 0 saturated carbocycles. The minimum Gasteiger partial charge on any atom is -0.383 e. The Bertz CT molecular complexity index is 1020. The molecule has 6 heteroatoms. The van der Waals surface area contributed by atoms with Gasteiger partial charge >= 0.3 is 0 Å². The molecule has 1 aromatic heterocycles. The first kappa shape index (κ1) is 18.4. The Hall–Kier alpha value is -2.44. The van der Waals surface area contributed by atoms with Crippen molar-refractivity contribution < 1.29 is 4.79 Å². The summed E-state index contributed by atoms with van der Waals surface area (Å²) >= 11 is 6.75. The number of benzene rings is 2. The zero-order chi connectivity index (χ0) is 19.0. The molecule has 26 heavy (non-hydrogen) atoms. The number of anilines is 2. The Morgan fingerprint density at radius 1 is 1.00 bits per heavy atom. The molecule has 3 N–H and O–H groups in total. The third-order valence-electron chi connectivity index (χ3n) is 4.43. The highest BCUT2D eigenvalue weighted by Crippen LogP contribution is 2.31. The maximum atomic E-state index is 12.9. The van der Waals surface area contributed by atoms with Crippen LogP contribution in [0.1, 0.15) is 31.9 Å².